The molecule has 2 aromatic carbocycles. The van der Waals surface area contributed by atoms with Gasteiger partial charge < -0.3 is 4.74 Å². The second kappa shape index (κ2) is 9.01. The molecule has 2 heterocycles. The SMILES string of the molecule is Cc1cc(C)cc(OCn2ccc(C(=O)Nc3ncn(Cc4ccccc4Cl)n3)n2)c1. The lowest BCUT2D eigenvalue weighted by Gasteiger charge is -2.08. The number of carbonyl (C=O) groups excluding carboxylic acids is 1. The second-order valence-corrected chi connectivity index (χ2v) is 7.56. The molecule has 9 heteroatoms. The largest absolute Gasteiger partial charge is 0.471 e. The molecule has 0 atom stereocenters. The standard InChI is InChI=1S/C22H21ClN6O2/c1-15-9-16(2)11-18(10-15)31-14-28-8-7-20(26-28)21(30)25-22-24-13-29(27-22)12-17-5-3-4-6-19(17)23/h3-11,13H,12,14H2,1-2H3,(H,25,27,30). The van der Waals surface area contributed by atoms with E-state index in [2.05, 4.69) is 26.6 Å². The van der Waals surface area contributed by atoms with E-state index in [1.54, 1.807) is 21.6 Å². The number of hydrogen-bond donors (Lipinski definition) is 1. The number of anilines is 1. The molecule has 0 radical (unpaired) electrons. The van der Waals surface area contributed by atoms with Gasteiger partial charge in [-0.15, -0.1) is 5.10 Å². The Morgan fingerprint density at radius 1 is 1.06 bits per heavy atom. The van der Waals surface area contributed by atoms with Crippen molar-refractivity contribution in [3.8, 4) is 5.75 Å². The highest BCUT2D eigenvalue weighted by atomic mass is 35.5. The van der Waals surface area contributed by atoms with Gasteiger partial charge in [0.2, 0.25) is 5.95 Å². The van der Waals surface area contributed by atoms with Crippen LogP contribution in [0.2, 0.25) is 5.02 Å². The molecule has 1 N–H and O–H groups in total. The number of carbonyl (C=O) groups is 1. The van der Waals surface area contributed by atoms with Crippen LogP contribution < -0.4 is 10.1 Å². The quantitative estimate of drug-likeness (QED) is 0.471. The third-order valence-electron chi connectivity index (χ3n) is 4.48. The van der Waals surface area contributed by atoms with Crippen LogP contribution in [-0.2, 0) is 13.3 Å². The number of hydrogen-bond acceptors (Lipinski definition) is 5. The maximum Gasteiger partial charge on any atom is 0.278 e. The first-order chi connectivity index (χ1) is 15.0. The predicted molar refractivity (Wildman–Crippen MR) is 117 cm³/mol. The minimum atomic E-state index is -0.402. The lowest BCUT2D eigenvalue weighted by atomic mass is 10.1. The van der Waals surface area contributed by atoms with Crippen molar-refractivity contribution in [2.24, 2.45) is 0 Å². The van der Waals surface area contributed by atoms with Gasteiger partial charge in [-0.3, -0.25) is 10.1 Å². The van der Waals surface area contributed by atoms with Crippen LogP contribution in [0.4, 0.5) is 5.95 Å². The third kappa shape index (κ3) is 5.29. The highest BCUT2D eigenvalue weighted by Crippen LogP contribution is 2.17. The summed E-state index contributed by atoms with van der Waals surface area (Å²) in [7, 11) is 0. The number of aryl methyl sites for hydroxylation is 2. The number of nitrogens with one attached hydrogen (secondary N) is 1. The fraction of sp³-hybridized carbons (Fsp3) is 0.182. The van der Waals surface area contributed by atoms with Crippen molar-refractivity contribution in [2.45, 2.75) is 27.1 Å². The molecule has 0 aliphatic rings. The molecular weight excluding hydrogens is 416 g/mol. The van der Waals surface area contributed by atoms with Crippen LogP contribution in [0.3, 0.4) is 0 Å². The minimum absolute atomic E-state index is 0.193. The van der Waals surface area contributed by atoms with Crippen molar-refractivity contribution in [1.82, 2.24) is 24.5 Å². The molecular formula is C22H21ClN6O2. The van der Waals surface area contributed by atoms with Crippen molar-refractivity contribution in [2.75, 3.05) is 5.32 Å². The number of amides is 1. The van der Waals surface area contributed by atoms with Gasteiger partial charge in [-0.1, -0.05) is 35.9 Å². The molecule has 0 fully saturated rings. The molecule has 31 heavy (non-hydrogen) atoms. The molecule has 8 nitrogen and oxygen atoms in total. The molecule has 158 valence electrons. The Hall–Kier alpha value is -3.65. The topological polar surface area (TPSA) is 86.9 Å². The van der Waals surface area contributed by atoms with Crippen molar-refractivity contribution in [3.63, 3.8) is 0 Å². The minimum Gasteiger partial charge on any atom is -0.471 e. The number of ether oxygens (including phenoxy) is 1. The summed E-state index contributed by atoms with van der Waals surface area (Å²) in [6.45, 7) is 4.67. The average Bonchev–Trinajstić information content (AvgIpc) is 3.37. The molecule has 0 unspecified atom stereocenters. The molecule has 1 amide bonds. The average molecular weight is 437 g/mol. The third-order valence-corrected chi connectivity index (χ3v) is 4.85. The summed E-state index contributed by atoms with van der Waals surface area (Å²) in [5.41, 5.74) is 3.40. The Kier molecular flexibility index (Phi) is 5.99. The Morgan fingerprint density at radius 2 is 1.84 bits per heavy atom. The molecule has 2 aromatic heterocycles. The van der Waals surface area contributed by atoms with E-state index in [0.29, 0.717) is 11.6 Å². The number of aromatic nitrogens is 5. The zero-order valence-electron chi connectivity index (χ0n) is 17.1. The van der Waals surface area contributed by atoms with E-state index in [4.69, 9.17) is 16.3 Å². The molecule has 0 saturated carbocycles. The smallest absolute Gasteiger partial charge is 0.278 e. The van der Waals surface area contributed by atoms with E-state index in [1.807, 2.05) is 50.2 Å². The van der Waals surface area contributed by atoms with Crippen LogP contribution in [0.5, 0.6) is 5.75 Å². The first kappa shape index (κ1) is 20.6. The first-order valence-electron chi connectivity index (χ1n) is 9.65. The fourth-order valence-electron chi connectivity index (χ4n) is 3.11. The summed E-state index contributed by atoms with van der Waals surface area (Å²) in [6.07, 6.45) is 3.22. The maximum absolute atomic E-state index is 12.5. The van der Waals surface area contributed by atoms with Gasteiger partial charge in [-0.2, -0.15) is 5.10 Å². The van der Waals surface area contributed by atoms with E-state index in [1.165, 1.54) is 6.33 Å². The van der Waals surface area contributed by atoms with Gasteiger partial charge in [0.25, 0.3) is 5.91 Å². The molecule has 0 bridgehead atoms. The molecule has 0 spiro atoms. The fourth-order valence-corrected chi connectivity index (χ4v) is 3.30. The summed E-state index contributed by atoms with van der Waals surface area (Å²) < 4.78 is 8.92. The number of benzene rings is 2. The van der Waals surface area contributed by atoms with Gasteiger partial charge >= 0.3 is 0 Å². The van der Waals surface area contributed by atoms with Crippen LogP contribution in [0, 0.1) is 13.8 Å². The van der Waals surface area contributed by atoms with Crippen molar-refractivity contribution in [3.05, 3.63) is 88.5 Å². The maximum atomic E-state index is 12.5. The van der Waals surface area contributed by atoms with Gasteiger partial charge in [0, 0.05) is 11.2 Å². The van der Waals surface area contributed by atoms with Gasteiger partial charge in [-0.25, -0.2) is 14.3 Å². The van der Waals surface area contributed by atoms with E-state index in [9.17, 15) is 4.79 Å². The predicted octanol–water partition coefficient (Wildman–Crippen LogP) is 4.08. The lowest BCUT2D eigenvalue weighted by molar-refractivity contribution is 0.101. The monoisotopic (exact) mass is 436 g/mol. The normalized spacial score (nSPS) is 10.8. The van der Waals surface area contributed by atoms with Gasteiger partial charge in [0.05, 0.1) is 6.54 Å². The Balaban J connectivity index is 1.35. The van der Waals surface area contributed by atoms with Gasteiger partial charge in [-0.05, 0) is 54.8 Å². The summed E-state index contributed by atoms with van der Waals surface area (Å²) in [5, 5.41) is 11.8. The zero-order valence-corrected chi connectivity index (χ0v) is 17.9. The van der Waals surface area contributed by atoms with Crippen LogP contribution >= 0.6 is 11.6 Å². The number of rotatable bonds is 7. The van der Waals surface area contributed by atoms with Gasteiger partial charge in [0.1, 0.15) is 12.1 Å². The summed E-state index contributed by atoms with van der Waals surface area (Å²) >= 11 is 6.18. The second-order valence-electron chi connectivity index (χ2n) is 7.15. The Bertz CT molecular complexity index is 1200. The molecule has 4 aromatic rings. The summed E-state index contributed by atoms with van der Waals surface area (Å²) in [5.74, 6) is 0.547. The van der Waals surface area contributed by atoms with Crippen molar-refractivity contribution in [1.29, 1.82) is 0 Å². The summed E-state index contributed by atoms with van der Waals surface area (Å²) in [6, 6.07) is 15.1. The molecule has 4 rings (SSSR count). The Labute approximate surface area is 184 Å². The molecule has 0 saturated heterocycles. The summed E-state index contributed by atoms with van der Waals surface area (Å²) in [4.78, 5) is 16.6. The van der Waals surface area contributed by atoms with Crippen molar-refractivity contribution < 1.29 is 9.53 Å². The van der Waals surface area contributed by atoms with Gasteiger partial charge in [0.15, 0.2) is 12.4 Å². The van der Waals surface area contributed by atoms with Crippen LogP contribution in [0.25, 0.3) is 0 Å². The van der Waals surface area contributed by atoms with E-state index in [-0.39, 0.29) is 18.4 Å². The lowest BCUT2D eigenvalue weighted by Crippen LogP contribution is -2.15. The molecule has 0 aliphatic heterocycles. The van der Waals surface area contributed by atoms with E-state index >= 15 is 0 Å². The van der Waals surface area contributed by atoms with Crippen LogP contribution in [0.1, 0.15) is 27.2 Å². The highest BCUT2D eigenvalue weighted by Gasteiger charge is 2.13. The zero-order chi connectivity index (χ0) is 21.8. The van der Waals surface area contributed by atoms with E-state index in [0.717, 1.165) is 22.4 Å². The molecule has 0 aliphatic carbocycles. The van der Waals surface area contributed by atoms with Crippen LogP contribution in [-0.4, -0.2) is 30.5 Å². The van der Waals surface area contributed by atoms with Crippen LogP contribution in [0.15, 0.2) is 61.1 Å². The first-order valence-corrected chi connectivity index (χ1v) is 10.0. The Morgan fingerprint density at radius 3 is 2.61 bits per heavy atom. The van der Waals surface area contributed by atoms with E-state index < -0.39 is 5.91 Å². The number of nitrogens with zero attached hydrogens (tertiary/aromatic N) is 5. The number of halogens is 1. The van der Waals surface area contributed by atoms with Crippen molar-refractivity contribution >= 4 is 23.5 Å². The highest BCUT2D eigenvalue weighted by molar-refractivity contribution is 6.31.